The van der Waals surface area contributed by atoms with Crippen molar-refractivity contribution >= 4 is 16.1 Å². The molecule has 9 heteroatoms. The van der Waals surface area contributed by atoms with E-state index in [1.807, 2.05) is 6.92 Å². The SMILES string of the molecule is COc1cc(CO)ccc1Cc1c(C)nc(N)nc1OS(=O)(=O)c1c(C)cc(C)cc1C. The number of nitrogens with two attached hydrogens (primary N) is 1. The van der Waals surface area contributed by atoms with Crippen molar-refractivity contribution < 1.29 is 22.4 Å². The van der Waals surface area contributed by atoms with Crippen LogP contribution >= 0.6 is 0 Å². The molecule has 0 fully saturated rings. The molecule has 0 saturated carbocycles. The summed E-state index contributed by atoms with van der Waals surface area (Å²) >= 11 is 0. The van der Waals surface area contributed by atoms with Crippen LogP contribution in [0.15, 0.2) is 35.2 Å². The quantitative estimate of drug-likeness (QED) is 0.519. The minimum absolute atomic E-state index is 0.0867. The van der Waals surface area contributed by atoms with Crippen molar-refractivity contribution in [2.75, 3.05) is 12.8 Å². The lowest BCUT2D eigenvalue weighted by Gasteiger charge is -2.17. The molecule has 3 rings (SSSR count). The zero-order chi connectivity index (χ0) is 23.6. The van der Waals surface area contributed by atoms with Gasteiger partial charge in [-0.05, 0) is 56.0 Å². The van der Waals surface area contributed by atoms with Crippen molar-refractivity contribution in [2.45, 2.75) is 45.6 Å². The molecule has 3 aromatic rings. The molecule has 0 aliphatic rings. The van der Waals surface area contributed by atoms with Gasteiger partial charge in [0.05, 0.1) is 19.4 Å². The van der Waals surface area contributed by atoms with Crippen molar-refractivity contribution in [2.24, 2.45) is 0 Å². The topological polar surface area (TPSA) is 125 Å². The molecule has 1 heterocycles. The van der Waals surface area contributed by atoms with Gasteiger partial charge in [0.25, 0.3) is 0 Å². The Bertz CT molecular complexity index is 1250. The van der Waals surface area contributed by atoms with Gasteiger partial charge in [0.15, 0.2) is 0 Å². The number of benzene rings is 2. The Morgan fingerprint density at radius 3 is 2.28 bits per heavy atom. The first-order chi connectivity index (χ1) is 15.1. The molecule has 1 aromatic heterocycles. The van der Waals surface area contributed by atoms with Gasteiger partial charge in [-0.15, -0.1) is 0 Å². The lowest BCUT2D eigenvalue weighted by atomic mass is 10.0. The van der Waals surface area contributed by atoms with Crippen LogP contribution in [0.2, 0.25) is 0 Å². The van der Waals surface area contributed by atoms with Gasteiger partial charge < -0.3 is 19.8 Å². The van der Waals surface area contributed by atoms with Crippen molar-refractivity contribution in [3.8, 4) is 11.6 Å². The molecule has 2 aromatic carbocycles. The van der Waals surface area contributed by atoms with Crippen LogP contribution in [0.25, 0.3) is 0 Å². The third-order valence-electron chi connectivity index (χ3n) is 5.14. The van der Waals surface area contributed by atoms with E-state index < -0.39 is 10.1 Å². The minimum atomic E-state index is -4.18. The second-order valence-electron chi connectivity index (χ2n) is 7.70. The molecule has 0 radical (unpaired) electrons. The fraction of sp³-hybridized carbons (Fsp3) is 0.304. The third kappa shape index (κ3) is 4.84. The Morgan fingerprint density at radius 1 is 1.03 bits per heavy atom. The third-order valence-corrected chi connectivity index (χ3v) is 6.66. The molecule has 32 heavy (non-hydrogen) atoms. The van der Waals surface area contributed by atoms with Crippen LogP contribution < -0.4 is 14.7 Å². The van der Waals surface area contributed by atoms with Crippen LogP contribution in [0.3, 0.4) is 0 Å². The van der Waals surface area contributed by atoms with Crippen molar-refractivity contribution in [3.63, 3.8) is 0 Å². The number of aliphatic hydroxyl groups is 1. The van der Waals surface area contributed by atoms with Crippen LogP contribution in [0, 0.1) is 27.7 Å². The molecule has 0 aliphatic heterocycles. The number of aliphatic hydroxyl groups excluding tert-OH is 1. The second-order valence-corrected chi connectivity index (χ2v) is 9.18. The molecule has 0 bridgehead atoms. The summed E-state index contributed by atoms with van der Waals surface area (Å²) in [5.74, 6) is 0.339. The molecule has 0 atom stereocenters. The van der Waals surface area contributed by atoms with Gasteiger partial charge in [-0.1, -0.05) is 29.8 Å². The van der Waals surface area contributed by atoms with Crippen molar-refractivity contribution in [1.29, 1.82) is 0 Å². The van der Waals surface area contributed by atoms with E-state index in [1.54, 1.807) is 51.1 Å². The van der Waals surface area contributed by atoms with Crippen LogP contribution in [-0.2, 0) is 23.1 Å². The first-order valence-electron chi connectivity index (χ1n) is 9.97. The van der Waals surface area contributed by atoms with Gasteiger partial charge in [0, 0.05) is 12.0 Å². The fourth-order valence-corrected chi connectivity index (χ4v) is 5.13. The summed E-state index contributed by atoms with van der Waals surface area (Å²) in [6, 6.07) is 8.86. The zero-order valence-corrected chi connectivity index (χ0v) is 19.6. The van der Waals surface area contributed by atoms with E-state index in [4.69, 9.17) is 14.7 Å². The lowest BCUT2D eigenvalue weighted by molar-refractivity contribution is 0.281. The predicted molar refractivity (Wildman–Crippen MR) is 121 cm³/mol. The number of ether oxygens (including phenoxy) is 1. The summed E-state index contributed by atoms with van der Waals surface area (Å²) in [6.45, 7) is 6.94. The maximum absolute atomic E-state index is 13.2. The lowest BCUT2D eigenvalue weighted by Crippen LogP contribution is -2.17. The molecule has 0 spiro atoms. The highest BCUT2D eigenvalue weighted by Crippen LogP contribution is 2.31. The number of hydrogen-bond donors (Lipinski definition) is 2. The molecular weight excluding hydrogens is 430 g/mol. The van der Waals surface area contributed by atoms with Crippen LogP contribution in [0.4, 0.5) is 5.95 Å². The molecule has 3 N–H and O–H groups in total. The van der Waals surface area contributed by atoms with Crippen LogP contribution in [0.1, 0.15) is 39.1 Å². The number of rotatable bonds is 7. The predicted octanol–water partition coefficient (Wildman–Crippen LogP) is 3.15. The number of anilines is 1. The largest absolute Gasteiger partial charge is 0.496 e. The highest BCUT2D eigenvalue weighted by Gasteiger charge is 2.26. The number of hydrogen-bond acceptors (Lipinski definition) is 8. The van der Waals surface area contributed by atoms with E-state index in [0.29, 0.717) is 33.7 Å². The Kier molecular flexibility index (Phi) is 6.71. The first kappa shape index (κ1) is 23.5. The van der Waals surface area contributed by atoms with Gasteiger partial charge in [-0.25, -0.2) is 4.98 Å². The average molecular weight is 458 g/mol. The van der Waals surface area contributed by atoms with E-state index in [9.17, 15) is 13.5 Å². The summed E-state index contributed by atoms with van der Waals surface area (Å²) in [5.41, 5.74) is 10.4. The van der Waals surface area contributed by atoms with E-state index in [0.717, 1.165) is 11.1 Å². The molecular formula is C23H27N3O5S. The maximum atomic E-state index is 13.2. The van der Waals surface area contributed by atoms with Crippen molar-refractivity contribution in [1.82, 2.24) is 9.97 Å². The van der Waals surface area contributed by atoms with Crippen LogP contribution in [-0.4, -0.2) is 30.6 Å². The summed E-state index contributed by atoms with van der Waals surface area (Å²) in [7, 11) is -2.65. The van der Waals surface area contributed by atoms with Gasteiger partial charge in [-0.2, -0.15) is 13.4 Å². The molecule has 0 amide bonds. The zero-order valence-electron chi connectivity index (χ0n) is 18.8. The Hall–Kier alpha value is -3.17. The summed E-state index contributed by atoms with van der Waals surface area (Å²) < 4.78 is 37.4. The number of nitrogen functional groups attached to an aromatic ring is 1. The summed E-state index contributed by atoms with van der Waals surface area (Å²) in [5, 5.41) is 9.38. The molecule has 170 valence electrons. The van der Waals surface area contributed by atoms with E-state index >= 15 is 0 Å². The highest BCUT2D eigenvalue weighted by molar-refractivity contribution is 7.87. The number of aryl methyl sites for hydroxylation is 4. The summed E-state index contributed by atoms with van der Waals surface area (Å²) in [6.07, 6.45) is 0.248. The number of methoxy groups -OCH3 is 1. The Labute approximate surface area is 188 Å². The number of nitrogens with zero attached hydrogens (tertiary/aromatic N) is 2. The molecule has 0 saturated heterocycles. The smallest absolute Gasteiger partial charge is 0.341 e. The monoisotopic (exact) mass is 457 g/mol. The number of aromatic nitrogens is 2. The van der Waals surface area contributed by atoms with Gasteiger partial charge in [0.2, 0.25) is 11.8 Å². The second kappa shape index (κ2) is 9.13. The molecule has 0 unspecified atom stereocenters. The normalized spacial score (nSPS) is 11.4. The van der Waals surface area contributed by atoms with E-state index in [2.05, 4.69) is 9.97 Å². The fourth-order valence-electron chi connectivity index (χ4n) is 3.79. The van der Waals surface area contributed by atoms with Gasteiger partial charge in [0.1, 0.15) is 10.6 Å². The standard InChI is InChI=1S/C23H27N3O5S/c1-13-8-14(2)21(15(3)9-13)32(28,29)31-22-19(16(4)25-23(24)26-22)11-18-7-6-17(12-27)10-20(18)30-5/h6-10,27H,11-12H2,1-5H3,(H2,24,25,26). The first-order valence-corrected chi connectivity index (χ1v) is 11.4. The molecule has 0 aliphatic carbocycles. The van der Waals surface area contributed by atoms with E-state index in [1.165, 1.54) is 7.11 Å². The van der Waals surface area contributed by atoms with Crippen LogP contribution in [0.5, 0.6) is 11.6 Å². The van der Waals surface area contributed by atoms with Crippen molar-refractivity contribution in [3.05, 3.63) is 69.4 Å². The molecule has 8 nitrogen and oxygen atoms in total. The van der Waals surface area contributed by atoms with Gasteiger partial charge >= 0.3 is 10.1 Å². The maximum Gasteiger partial charge on any atom is 0.341 e. The average Bonchev–Trinajstić information content (AvgIpc) is 2.69. The van der Waals surface area contributed by atoms with E-state index in [-0.39, 0.29) is 29.8 Å². The summed E-state index contributed by atoms with van der Waals surface area (Å²) in [4.78, 5) is 8.38. The highest BCUT2D eigenvalue weighted by atomic mass is 32.2. The van der Waals surface area contributed by atoms with Gasteiger partial charge in [-0.3, -0.25) is 0 Å². The Balaban J connectivity index is 2.08. The minimum Gasteiger partial charge on any atom is -0.496 e. The Morgan fingerprint density at radius 2 is 1.69 bits per heavy atom.